The predicted octanol–water partition coefficient (Wildman–Crippen LogP) is 5.15. The highest BCUT2D eigenvalue weighted by molar-refractivity contribution is 7.16. The van der Waals surface area contributed by atoms with Gasteiger partial charge in [0.25, 0.3) is 0 Å². The van der Waals surface area contributed by atoms with Crippen molar-refractivity contribution >= 4 is 22.2 Å². The minimum Gasteiger partial charge on any atom is -0.332 e. The molecule has 3 rings (SSSR count). The molecule has 0 saturated heterocycles. The number of anilines is 2. The Hall–Kier alpha value is -2.85. The van der Waals surface area contributed by atoms with Gasteiger partial charge < -0.3 is 5.32 Å². The van der Waals surface area contributed by atoms with Crippen molar-refractivity contribution in [1.82, 2.24) is 4.98 Å². The number of nitrogens with zero attached hydrogens (tertiary/aromatic N) is 2. The van der Waals surface area contributed by atoms with Gasteiger partial charge in [0, 0.05) is 22.7 Å². The number of thiazole rings is 1. The van der Waals surface area contributed by atoms with Crippen LogP contribution in [0.25, 0.3) is 11.3 Å². The van der Waals surface area contributed by atoms with Crippen molar-refractivity contribution in [3.05, 3.63) is 64.3 Å². The molecule has 0 radical (unpaired) electrons. The fourth-order valence-electron chi connectivity index (χ4n) is 2.20. The maximum Gasteiger partial charge on any atom is 0.187 e. The van der Waals surface area contributed by atoms with Crippen molar-refractivity contribution in [3.8, 4) is 17.3 Å². The van der Waals surface area contributed by atoms with E-state index in [-0.39, 0.29) is 11.3 Å². The zero-order valence-electron chi connectivity index (χ0n) is 12.4. The summed E-state index contributed by atoms with van der Waals surface area (Å²) in [5, 5.41) is 12.2. The maximum absolute atomic E-state index is 13.9. The molecule has 0 saturated carbocycles. The molecule has 1 heterocycles. The van der Waals surface area contributed by atoms with Crippen molar-refractivity contribution in [2.45, 2.75) is 6.92 Å². The number of nitriles is 1. The number of benzene rings is 2. The number of nitrogens with one attached hydrogen (secondary N) is 1. The van der Waals surface area contributed by atoms with Gasteiger partial charge in [0.15, 0.2) is 5.13 Å². The first-order chi connectivity index (χ1) is 11.5. The SMILES string of the molecule is Cc1sc(Nc2ccc(C#N)cc2)nc1-c1c(F)cc(F)cc1F. The van der Waals surface area contributed by atoms with Crippen LogP contribution in [0.1, 0.15) is 10.4 Å². The summed E-state index contributed by atoms with van der Waals surface area (Å²) in [6.45, 7) is 1.68. The molecule has 3 nitrogen and oxygen atoms in total. The van der Waals surface area contributed by atoms with Gasteiger partial charge in [-0.25, -0.2) is 18.2 Å². The molecule has 2 aromatic carbocycles. The average molecular weight is 345 g/mol. The molecular weight excluding hydrogens is 335 g/mol. The summed E-state index contributed by atoms with van der Waals surface area (Å²) in [6, 6.07) is 9.96. The number of rotatable bonds is 3. The first-order valence-corrected chi connectivity index (χ1v) is 7.69. The predicted molar refractivity (Wildman–Crippen MR) is 86.6 cm³/mol. The monoisotopic (exact) mass is 345 g/mol. The zero-order chi connectivity index (χ0) is 17.3. The molecule has 0 amide bonds. The fraction of sp³-hybridized carbons (Fsp3) is 0.0588. The van der Waals surface area contributed by atoms with Gasteiger partial charge in [-0.2, -0.15) is 5.26 Å². The van der Waals surface area contributed by atoms with E-state index in [2.05, 4.69) is 10.3 Å². The maximum atomic E-state index is 13.9. The largest absolute Gasteiger partial charge is 0.332 e. The number of hydrogen-bond donors (Lipinski definition) is 1. The Balaban J connectivity index is 1.95. The van der Waals surface area contributed by atoms with Crippen molar-refractivity contribution in [2.24, 2.45) is 0 Å². The van der Waals surface area contributed by atoms with Crippen LogP contribution in [0.5, 0.6) is 0 Å². The Kier molecular flexibility index (Phi) is 4.23. The van der Waals surface area contributed by atoms with E-state index in [1.54, 1.807) is 31.2 Å². The summed E-state index contributed by atoms with van der Waals surface area (Å²) in [6.07, 6.45) is 0. The second-order valence-electron chi connectivity index (χ2n) is 4.98. The smallest absolute Gasteiger partial charge is 0.187 e. The molecule has 0 bridgehead atoms. The molecule has 0 aliphatic rings. The Labute approximate surface area is 140 Å². The zero-order valence-corrected chi connectivity index (χ0v) is 13.2. The Bertz CT molecular complexity index is 920. The highest BCUT2D eigenvalue weighted by Crippen LogP contribution is 2.35. The lowest BCUT2D eigenvalue weighted by molar-refractivity contribution is 0.547. The quantitative estimate of drug-likeness (QED) is 0.714. The standard InChI is InChI=1S/C17H10F3N3S/c1-9-16(15-13(19)6-11(18)7-14(15)20)23-17(24-9)22-12-4-2-10(8-21)3-5-12/h2-7H,1H3,(H,22,23). The van der Waals surface area contributed by atoms with Crippen LogP contribution < -0.4 is 5.32 Å². The van der Waals surface area contributed by atoms with Gasteiger partial charge in [0.1, 0.15) is 17.5 Å². The van der Waals surface area contributed by atoms with E-state index in [1.165, 1.54) is 11.3 Å². The first-order valence-electron chi connectivity index (χ1n) is 6.87. The van der Waals surface area contributed by atoms with E-state index < -0.39 is 17.5 Å². The molecule has 3 aromatic rings. The summed E-state index contributed by atoms with van der Waals surface area (Å²) in [5.41, 5.74) is 0.991. The van der Waals surface area contributed by atoms with Gasteiger partial charge in [-0.15, -0.1) is 11.3 Å². The third kappa shape index (κ3) is 3.09. The molecule has 0 atom stereocenters. The van der Waals surface area contributed by atoms with Crippen LogP contribution in [0.3, 0.4) is 0 Å². The minimum atomic E-state index is -0.995. The highest BCUT2D eigenvalue weighted by atomic mass is 32.1. The van der Waals surface area contributed by atoms with Crippen molar-refractivity contribution in [2.75, 3.05) is 5.32 Å². The van der Waals surface area contributed by atoms with Crippen molar-refractivity contribution in [3.63, 3.8) is 0 Å². The average Bonchev–Trinajstić information content (AvgIpc) is 2.87. The van der Waals surface area contributed by atoms with Gasteiger partial charge >= 0.3 is 0 Å². The summed E-state index contributed by atoms with van der Waals surface area (Å²) in [7, 11) is 0. The van der Waals surface area contributed by atoms with E-state index in [0.717, 1.165) is 0 Å². The molecule has 1 aromatic heterocycles. The highest BCUT2D eigenvalue weighted by Gasteiger charge is 2.19. The molecule has 1 N–H and O–H groups in total. The third-order valence-electron chi connectivity index (χ3n) is 3.31. The Morgan fingerprint density at radius 1 is 1.08 bits per heavy atom. The van der Waals surface area contributed by atoms with Crippen LogP contribution in [0.15, 0.2) is 36.4 Å². The molecule has 0 fully saturated rings. The van der Waals surface area contributed by atoms with Crippen LogP contribution in [0, 0.1) is 35.7 Å². The summed E-state index contributed by atoms with van der Waals surface area (Å²) < 4.78 is 40.9. The number of aryl methyl sites for hydroxylation is 1. The van der Waals surface area contributed by atoms with Gasteiger partial charge in [-0.1, -0.05) is 0 Å². The van der Waals surface area contributed by atoms with Crippen LogP contribution in [0.4, 0.5) is 24.0 Å². The topological polar surface area (TPSA) is 48.7 Å². The second kappa shape index (κ2) is 6.34. The molecule has 0 aliphatic heterocycles. The van der Waals surface area contributed by atoms with Crippen LogP contribution in [0.2, 0.25) is 0 Å². The molecule has 120 valence electrons. The van der Waals surface area contributed by atoms with Gasteiger partial charge in [0.05, 0.1) is 22.9 Å². The Morgan fingerprint density at radius 3 is 2.29 bits per heavy atom. The van der Waals surface area contributed by atoms with E-state index in [0.29, 0.717) is 33.4 Å². The molecular formula is C17H10F3N3S. The normalized spacial score (nSPS) is 10.5. The third-order valence-corrected chi connectivity index (χ3v) is 4.19. The van der Waals surface area contributed by atoms with Crippen molar-refractivity contribution in [1.29, 1.82) is 5.26 Å². The first kappa shape index (κ1) is 16.0. The minimum absolute atomic E-state index is 0.131. The Morgan fingerprint density at radius 2 is 1.71 bits per heavy atom. The molecule has 0 spiro atoms. The van der Waals surface area contributed by atoms with E-state index in [1.807, 2.05) is 6.07 Å². The number of aromatic nitrogens is 1. The van der Waals surface area contributed by atoms with Gasteiger partial charge in [-0.05, 0) is 31.2 Å². The van der Waals surface area contributed by atoms with Crippen molar-refractivity contribution < 1.29 is 13.2 Å². The fourth-order valence-corrected chi connectivity index (χ4v) is 3.04. The second-order valence-corrected chi connectivity index (χ2v) is 6.19. The lowest BCUT2D eigenvalue weighted by Crippen LogP contribution is -1.95. The van der Waals surface area contributed by atoms with Crippen LogP contribution >= 0.6 is 11.3 Å². The molecule has 0 unspecified atom stereocenters. The van der Waals surface area contributed by atoms with Crippen LogP contribution in [-0.2, 0) is 0 Å². The van der Waals surface area contributed by atoms with E-state index in [9.17, 15) is 13.2 Å². The summed E-state index contributed by atoms with van der Waals surface area (Å²) >= 11 is 1.22. The molecule has 0 aliphatic carbocycles. The number of halogens is 3. The van der Waals surface area contributed by atoms with E-state index in [4.69, 9.17) is 5.26 Å². The summed E-state index contributed by atoms with van der Waals surface area (Å²) in [5.74, 6) is -2.96. The lowest BCUT2D eigenvalue weighted by Gasteiger charge is -2.04. The molecule has 7 heteroatoms. The number of hydrogen-bond acceptors (Lipinski definition) is 4. The molecule has 24 heavy (non-hydrogen) atoms. The lowest BCUT2D eigenvalue weighted by atomic mass is 10.1. The van der Waals surface area contributed by atoms with E-state index >= 15 is 0 Å². The van der Waals surface area contributed by atoms with Gasteiger partial charge in [0.2, 0.25) is 0 Å². The van der Waals surface area contributed by atoms with Gasteiger partial charge in [-0.3, -0.25) is 0 Å². The summed E-state index contributed by atoms with van der Waals surface area (Å²) in [4.78, 5) is 4.80. The van der Waals surface area contributed by atoms with Crippen LogP contribution in [-0.4, -0.2) is 4.98 Å².